The molecule has 1 aromatic carbocycles. The van der Waals surface area contributed by atoms with Gasteiger partial charge in [-0.1, -0.05) is 25.0 Å². The maximum Gasteiger partial charge on any atom is 0.217 e. The molecule has 1 fully saturated rings. The van der Waals surface area contributed by atoms with E-state index in [1.807, 2.05) is 18.2 Å². The molecule has 0 amide bonds. The highest BCUT2D eigenvalue weighted by molar-refractivity contribution is 7.89. The summed E-state index contributed by atoms with van der Waals surface area (Å²) in [6.45, 7) is 0.393. The van der Waals surface area contributed by atoms with Gasteiger partial charge >= 0.3 is 0 Å². The minimum absolute atomic E-state index is 0.191. The molecule has 0 aromatic heterocycles. The largest absolute Gasteiger partial charge is 0.399 e. The first-order valence-corrected chi connectivity index (χ1v) is 7.80. The third-order valence-electron chi connectivity index (χ3n) is 3.51. The Hall–Kier alpha value is -1.07. The molecule has 18 heavy (non-hydrogen) atoms. The summed E-state index contributed by atoms with van der Waals surface area (Å²) in [7, 11) is -1.51. The lowest BCUT2D eigenvalue weighted by Crippen LogP contribution is -2.34. The number of nitrogens with two attached hydrogens (primary N) is 1. The zero-order chi connectivity index (χ0) is 13.2. The lowest BCUT2D eigenvalue weighted by Gasteiger charge is -2.21. The lowest BCUT2D eigenvalue weighted by molar-refractivity contribution is 0.455. The zero-order valence-corrected chi connectivity index (χ0v) is 11.5. The Morgan fingerprint density at radius 2 is 2.00 bits per heavy atom. The molecular formula is C13H20N2O2S. The van der Waals surface area contributed by atoms with Crippen molar-refractivity contribution in [3.8, 4) is 0 Å². The summed E-state index contributed by atoms with van der Waals surface area (Å²) in [5.74, 6) is 0. The van der Waals surface area contributed by atoms with E-state index in [2.05, 4.69) is 0 Å². The van der Waals surface area contributed by atoms with Gasteiger partial charge in [-0.2, -0.15) is 0 Å². The van der Waals surface area contributed by atoms with Crippen LogP contribution >= 0.6 is 0 Å². The summed E-state index contributed by atoms with van der Waals surface area (Å²) >= 11 is 0. The molecule has 2 rings (SSSR count). The van der Waals surface area contributed by atoms with Gasteiger partial charge in [-0.05, 0) is 30.5 Å². The Morgan fingerprint density at radius 1 is 1.33 bits per heavy atom. The average Bonchev–Trinajstić information content (AvgIpc) is 2.82. The van der Waals surface area contributed by atoms with Crippen molar-refractivity contribution in [2.45, 2.75) is 37.5 Å². The minimum atomic E-state index is -3.16. The molecule has 1 aliphatic carbocycles. The number of rotatable bonds is 4. The van der Waals surface area contributed by atoms with Gasteiger partial charge in [0, 0.05) is 19.3 Å². The van der Waals surface area contributed by atoms with Gasteiger partial charge in [-0.25, -0.2) is 12.7 Å². The predicted octanol–water partition coefficient (Wildman–Crippen LogP) is 1.97. The molecule has 0 unspecified atom stereocenters. The highest BCUT2D eigenvalue weighted by atomic mass is 32.2. The van der Waals surface area contributed by atoms with Crippen molar-refractivity contribution in [2.24, 2.45) is 0 Å². The van der Waals surface area contributed by atoms with Gasteiger partial charge in [-0.15, -0.1) is 0 Å². The summed E-state index contributed by atoms with van der Waals surface area (Å²) < 4.78 is 26.1. The van der Waals surface area contributed by atoms with Crippen LogP contribution in [0.2, 0.25) is 0 Å². The second-order valence-corrected chi connectivity index (χ2v) is 7.27. The molecule has 5 heteroatoms. The van der Waals surface area contributed by atoms with Crippen molar-refractivity contribution < 1.29 is 8.42 Å². The van der Waals surface area contributed by atoms with Crippen LogP contribution in [0.5, 0.6) is 0 Å². The zero-order valence-electron chi connectivity index (χ0n) is 10.7. The van der Waals surface area contributed by atoms with E-state index < -0.39 is 10.0 Å². The summed E-state index contributed by atoms with van der Waals surface area (Å²) in [6.07, 6.45) is 3.64. The SMILES string of the molecule is CN(Cc1cccc(N)c1)S(=O)(=O)C1CCCC1. The normalized spacial score (nSPS) is 17.4. The number of nitrogen functional groups attached to an aromatic ring is 1. The maximum absolute atomic E-state index is 12.3. The van der Waals surface area contributed by atoms with E-state index in [9.17, 15) is 8.42 Å². The second kappa shape index (κ2) is 5.28. The van der Waals surface area contributed by atoms with Crippen LogP contribution in [0.1, 0.15) is 31.2 Å². The van der Waals surface area contributed by atoms with Crippen LogP contribution in [0.25, 0.3) is 0 Å². The molecule has 4 nitrogen and oxygen atoms in total. The monoisotopic (exact) mass is 268 g/mol. The van der Waals surface area contributed by atoms with E-state index in [0.717, 1.165) is 31.2 Å². The van der Waals surface area contributed by atoms with Crippen molar-refractivity contribution in [1.29, 1.82) is 0 Å². The molecule has 1 aliphatic rings. The quantitative estimate of drug-likeness (QED) is 0.849. The van der Waals surface area contributed by atoms with Gasteiger partial charge in [0.05, 0.1) is 5.25 Å². The van der Waals surface area contributed by atoms with Gasteiger partial charge in [0.15, 0.2) is 0 Å². The van der Waals surface area contributed by atoms with Gasteiger partial charge in [0.2, 0.25) is 10.0 Å². The molecule has 0 bridgehead atoms. The second-order valence-electron chi connectivity index (χ2n) is 4.95. The maximum atomic E-state index is 12.3. The first-order valence-electron chi connectivity index (χ1n) is 6.30. The topological polar surface area (TPSA) is 63.4 Å². The van der Waals surface area contributed by atoms with Crippen molar-refractivity contribution >= 4 is 15.7 Å². The van der Waals surface area contributed by atoms with Crippen LogP contribution in [0.4, 0.5) is 5.69 Å². The lowest BCUT2D eigenvalue weighted by atomic mass is 10.2. The molecule has 0 heterocycles. The Labute approximate surface area is 109 Å². The predicted molar refractivity (Wildman–Crippen MR) is 73.5 cm³/mol. The molecule has 100 valence electrons. The highest BCUT2D eigenvalue weighted by Gasteiger charge is 2.31. The van der Waals surface area contributed by atoms with Crippen LogP contribution in [0.3, 0.4) is 0 Å². The number of benzene rings is 1. The van der Waals surface area contributed by atoms with E-state index in [1.165, 1.54) is 4.31 Å². The first-order chi connectivity index (χ1) is 8.50. The van der Waals surface area contributed by atoms with Gasteiger partial charge < -0.3 is 5.73 Å². The molecule has 1 saturated carbocycles. The third kappa shape index (κ3) is 2.84. The van der Waals surface area contributed by atoms with E-state index >= 15 is 0 Å². The molecule has 0 radical (unpaired) electrons. The van der Waals surface area contributed by atoms with Crippen LogP contribution in [0.15, 0.2) is 24.3 Å². The standard InChI is InChI=1S/C13H20N2O2S/c1-15(10-11-5-4-6-12(14)9-11)18(16,17)13-7-2-3-8-13/h4-6,9,13H,2-3,7-8,10,14H2,1H3. The average molecular weight is 268 g/mol. The Bertz CT molecular complexity index is 507. The van der Waals surface area contributed by atoms with Gasteiger partial charge in [-0.3, -0.25) is 0 Å². The highest BCUT2D eigenvalue weighted by Crippen LogP contribution is 2.27. The number of anilines is 1. The van der Waals surface area contributed by atoms with Crippen LogP contribution in [-0.4, -0.2) is 25.0 Å². The fourth-order valence-corrected chi connectivity index (χ4v) is 4.25. The van der Waals surface area contributed by atoms with Crippen molar-refractivity contribution in [1.82, 2.24) is 4.31 Å². The van der Waals surface area contributed by atoms with Crippen molar-refractivity contribution in [2.75, 3.05) is 12.8 Å². The number of hydrogen-bond donors (Lipinski definition) is 1. The number of nitrogens with zero attached hydrogens (tertiary/aromatic N) is 1. The Balaban J connectivity index is 2.09. The molecule has 2 N–H and O–H groups in total. The third-order valence-corrected chi connectivity index (χ3v) is 5.83. The molecule has 0 aliphatic heterocycles. The van der Waals surface area contributed by atoms with E-state index in [0.29, 0.717) is 12.2 Å². The van der Waals surface area contributed by atoms with Crippen molar-refractivity contribution in [3.63, 3.8) is 0 Å². The van der Waals surface area contributed by atoms with E-state index in [4.69, 9.17) is 5.73 Å². The van der Waals surface area contributed by atoms with Crippen LogP contribution < -0.4 is 5.73 Å². The van der Waals surface area contributed by atoms with Crippen LogP contribution in [-0.2, 0) is 16.6 Å². The Morgan fingerprint density at radius 3 is 2.61 bits per heavy atom. The Kier molecular flexibility index (Phi) is 3.92. The smallest absolute Gasteiger partial charge is 0.217 e. The summed E-state index contributed by atoms with van der Waals surface area (Å²) in [5.41, 5.74) is 7.29. The molecular weight excluding hydrogens is 248 g/mol. The van der Waals surface area contributed by atoms with Gasteiger partial charge in [0.1, 0.15) is 0 Å². The van der Waals surface area contributed by atoms with Crippen LogP contribution in [0, 0.1) is 0 Å². The summed E-state index contributed by atoms with van der Waals surface area (Å²) in [6, 6.07) is 7.37. The van der Waals surface area contributed by atoms with E-state index in [-0.39, 0.29) is 5.25 Å². The van der Waals surface area contributed by atoms with E-state index in [1.54, 1.807) is 13.1 Å². The molecule has 0 atom stereocenters. The fourth-order valence-electron chi connectivity index (χ4n) is 2.48. The number of hydrogen-bond acceptors (Lipinski definition) is 3. The number of sulfonamides is 1. The summed E-state index contributed by atoms with van der Waals surface area (Å²) in [4.78, 5) is 0. The molecule has 0 spiro atoms. The fraction of sp³-hybridized carbons (Fsp3) is 0.538. The molecule has 0 saturated heterocycles. The first kappa shape index (κ1) is 13.4. The molecule has 1 aromatic rings. The van der Waals surface area contributed by atoms with Gasteiger partial charge in [0.25, 0.3) is 0 Å². The van der Waals surface area contributed by atoms with Crippen molar-refractivity contribution in [3.05, 3.63) is 29.8 Å². The summed E-state index contributed by atoms with van der Waals surface area (Å²) in [5, 5.41) is -0.191. The minimum Gasteiger partial charge on any atom is -0.399 e.